The highest BCUT2D eigenvalue weighted by molar-refractivity contribution is 8.44. The number of hydrogen-bond donors (Lipinski definition) is 12. The van der Waals surface area contributed by atoms with Crippen molar-refractivity contribution in [3.05, 3.63) is 123 Å². The van der Waals surface area contributed by atoms with Crippen molar-refractivity contribution in [1.29, 1.82) is 0 Å². The molecule has 1 amide bonds. The molecular weight excluding hydrogens is 1620 g/mol. The molecule has 25 atom stereocenters. The minimum absolute atomic E-state index is 0.00705. The maximum absolute atomic E-state index is 15.4. The number of H-pyrrole nitrogens is 4. The van der Waals surface area contributed by atoms with E-state index in [1.54, 1.807) is 20.8 Å². The van der Waals surface area contributed by atoms with Gasteiger partial charge in [0.25, 0.3) is 28.1 Å². The van der Waals surface area contributed by atoms with Crippen molar-refractivity contribution in [3.63, 3.8) is 0 Å². The number of nitrogen functional groups attached to an aromatic ring is 2. The van der Waals surface area contributed by atoms with Crippen LogP contribution in [0.5, 0.6) is 0 Å². The molecule has 9 unspecified atom stereocenters. The number of carbonyl (C=O) groups excluding carboxylic acids is 1. The molecule has 15 rings (SSSR count). The van der Waals surface area contributed by atoms with Crippen LogP contribution in [0.2, 0.25) is 0 Å². The van der Waals surface area contributed by atoms with Gasteiger partial charge in [-0.2, -0.15) is 9.97 Å². The number of aryl methyl sites for hydroxylation is 2. The van der Waals surface area contributed by atoms with Gasteiger partial charge >= 0.3 is 38.3 Å². The Labute approximate surface area is 638 Å². The Morgan fingerprint density at radius 3 is 1.67 bits per heavy atom. The molecule has 0 spiro atoms. The molecule has 598 valence electrons. The van der Waals surface area contributed by atoms with Gasteiger partial charge in [-0.05, 0) is 83.4 Å². The van der Waals surface area contributed by atoms with Gasteiger partial charge in [-0.3, -0.25) is 75.7 Å². The van der Waals surface area contributed by atoms with Crippen LogP contribution >= 0.6 is 39.2 Å². The highest BCUT2D eigenvalue weighted by Gasteiger charge is 2.72. The summed E-state index contributed by atoms with van der Waals surface area (Å²) in [6.07, 6.45) is -15.9. The van der Waals surface area contributed by atoms with E-state index in [2.05, 4.69) is 64.0 Å². The summed E-state index contributed by atoms with van der Waals surface area (Å²) in [4.78, 5) is 154. The van der Waals surface area contributed by atoms with Gasteiger partial charge in [-0.25, -0.2) is 24.1 Å². The van der Waals surface area contributed by atoms with Crippen LogP contribution in [0.3, 0.4) is 0 Å². The van der Waals surface area contributed by atoms with Gasteiger partial charge in [0.15, 0.2) is 41.0 Å². The van der Waals surface area contributed by atoms with Gasteiger partial charge in [-0.15, -0.1) is 0 Å². The first-order chi connectivity index (χ1) is 51.7. The van der Waals surface area contributed by atoms with Gasteiger partial charge in [0.1, 0.15) is 77.8 Å². The molecule has 9 aliphatic heterocycles. The number of nitrogens with zero attached hydrogens (tertiary/aromatic N) is 9. The first-order valence-corrected chi connectivity index (χ1v) is 44.4. The highest BCUT2D eigenvalue weighted by atomic mass is 32.7. The largest absolute Gasteiger partial charge is 0.387 e. The van der Waals surface area contributed by atoms with Gasteiger partial charge in [0.05, 0.1) is 75.7 Å². The monoisotopic (exact) mass is 1690 g/mol. The molecule has 8 saturated heterocycles. The zero-order valence-corrected chi connectivity index (χ0v) is 65.6. The maximum Gasteiger partial charge on any atom is 0.386 e. The SMILES string of the molecule is C=C1NC(=O)C(C)=CN1[C@@H]1O[C@@]2(COP(O)(=S)OC3[C@@H]4O[C@@H](C)[C@@]3(COP(=O)(S)OC3[C@@H]5O[C@@H](C)[C@@]3(COP(O)(=S)OC3C[C@H](n6cc(C)c(=O)[nH]c6=O)O[C@@H]3COP(O)(=S)OC3C[C@H](n6cnc7c(=O)[nH]c(N)nc76)O[C@@H]3CC)O[C@H]5n3cnc5c(=O)[nH]c(N)nc53)O[C@H]4n3cc(C)c(=O)[nH]c3=O)C(O)[C@@H]1O[C@H]2C. The molecule has 6 aromatic rings. The van der Waals surface area contributed by atoms with Crippen LogP contribution in [0.4, 0.5) is 11.9 Å². The summed E-state index contributed by atoms with van der Waals surface area (Å²) in [6, 6.07) is 0. The quantitative estimate of drug-likeness (QED) is 0.0242. The van der Waals surface area contributed by atoms with Crippen LogP contribution in [0, 0.1) is 13.8 Å². The predicted molar refractivity (Wildman–Crippen MR) is 389 cm³/mol. The van der Waals surface area contributed by atoms with Crippen LogP contribution in [-0.2, 0) is 119 Å². The molecule has 110 heavy (non-hydrogen) atoms. The average Bonchev–Trinajstić information content (AvgIpc) is 1.55. The van der Waals surface area contributed by atoms with Crippen molar-refractivity contribution in [2.24, 2.45) is 0 Å². The second-order valence-electron chi connectivity index (χ2n) is 27.7. The molecule has 0 aliphatic carbocycles. The number of carbonyl (C=O) groups is 1. The minimum atomic E-state index is -5.02. The van der Waals surface area contributed by atoms with Crippen molar-refractivity contribution in [3.8, 4) is 0 Å². The minimum Gasteiger partial charge on any atom is -0.387 e. The first kappa shape index (κ1) is 79.4. The Kier molecular flexibility index (Phi) is 20.8. The van der Waals surface area contributed by atoms with Crippen molar-refractivity contribution < 1.29 is 103 Å². The van der Waals surface area contributed by atoms with Crippen molar-refractivity contribution >= 4 is 115 Å². The van der Waals surface area contributed by atoms with Gasteiger partial charge in [0, 0.05) is 48.1 Å². The zero-order chi connectivity index (χ0) is 78.8. The molecule has 0 saturated carbocycles. The number of hydrogen-bond acceptors (Lipinski definition) is 35. The number of aliphatic hydroxyl groups excluding tert-OH is 1. The number of rotatable bonds is 26. The number of anilines is 2. The van der Waals surface area contributed by atoms with E-state index in [1.165, 1.54) is 73.0 Å². The number of nitrogens with two attached hydrogens (primary N) is 2. The molecular formula is C58H74N16O28P4S4. The maximum atomic E-state index is 15.4. The Balaban J connectivity index is 0.689. The number of thiol groups is 1. The number of ether oxygens (including phenoxy) is 8. The van der Waals surface area contributed by atoms with Crippen molar-refractivity contribution in [2.45, 2.75) is 195 Å². The third-order valence-electron chi connectivity index (χ3n) is 20.8. The number of fused-ring (bicyclic) bond motifs is 8. The standard InChI is InChI=1S/C58H74N16O28P4S4/c1-9-28-29(10-33(94-28)73-19-61-34-42(73)64-52(59)66-47(34)79)99-103(83,107)87-15-31-30(11-32(95-31)71-13-22(3)45(77)68-54(71)81)100-104(84,108)89-17-58-26(7)93-38(51(98-58)74-20-62-35-43(74)65-53(60)67-48(35)80)41(58)102-106(86,110)90-18-57-25(6)92-37(50(97-57)72-14-23(4)46(78)69-55(72)82)40(57)101-105(85,109)88-16-56-24(5)91-36(39(56)75)49(96-56)70-12-21(2)44(76)63-27(70)8/h12-14,19-20,24-26,28-33,36-41,49-51,75H,8-11,15-18H2,1-7H3,(H,63,76)(H,83,107)(H,84,108)(H,85,109)(H,86,110)(H,68,77,81)(H,69,78,82)(H3,59,64,66,79)(H3,60,65,67,80)/t24-,25-,26-,28+,29?,30?,31+,32+,33+,36-,37-,38-,39?,40?,41?,49+,50+,51+,56+,57+,58+,103?,104?,105?,106?/m0/s1. The molecule has 44 nitrogen and oxygen atoms in total. The fourth-order valence-electron chi connectivity index (χ4n) is 15.1. The summed E-state index contributed by atoms with van der Waals surface area (Å²) < 4.78 is 121. The lowest BCUT2D eigenvalue weighted by molar-refractivity contribution is -0.221. The Bertz CT molecular complexity index is 5370. The Morgan fingerprint density at radius 1 is 0.609 bits per heavy atom. The lowest BCUT2D eigenvalue weighted by atomic mass is 9.94. The highest BCUT2D eigenvalue weighted by Crippen LogP contribution is 2.65. The molecule has 0 aromatic carbocycles. The predicted octanol–water partition coefficient (Wildman–Crippen LogP) is -0.425. The number of aromatic amines is 4. The fourth-order valence-corrected chi connectivity index (χ4v) is 21.0. The van der Waals surface area contributed by atoms with Crippen LogP contribution < -0.4 is 50.4 Å². The molecule has 8 fully saturated rings. The second kappa shape index (κ2) is 28.8. The zero-order valence-electron chi connectivity index (χ0n) is 58.7. The van der Waals surface area contributed by atoms with Gasteiger partial charge in [-0.1, -0.05) is 25.8 Å². The van der Waals surface area contributed by atoms with Crippen molar-refractivity contribution in [1.82, 2.24) is 68.4 Å². The van der Waals surface area contributed by atoms with E-state index in [-0.39, 0.29) is 64.0 Å². The van der Waals surface area contributed by atoms with E-state index in [4.69, 9.17) is 121 Å². The van der Waals surface area contributed by atoms with E-state index in [0.717, 1.165) is 9.13 Å². The topological polar surface area (TPSA) is 567 Å². The average molecular weight is 1700 g/mol. The van der Waals surface area contributed by atoms with E-state index < -0.39 is 220 Å². The van der Waals surface area contributed by atoms with Gasteiger partial charge < -0.3 is 102 Å². The Hall–Kier alpha value is -5.86. The number of amides is 1. The second-order valence-corrected chi connectivity index (χ2v) is 38.9. The fraction of sp³-hybridized carbons (Fsp3) is 0.603. The summed E-state index contributed by atoms with van der Waals surface area (Å²) in [5, 5.41) is 14.4. The summed E-state index contributed by atoms with van der Waals surface area (Å²) in [6.45, 7) is -7.12. The smallest absolute Gasteiger partial charge is 0.386 e. The van der Waals surface area contributed by atoms with Crippen molar-refractivity contribution in [2.75, 3.05) is 37.9 Å². The first-order valence-electron chi connectivity index (χ1n) is 33.9. The third-order valence-corrected chi connectivity index (χ3v) is 27.1. The van der Waals surface area contributed by atoms with Crippen LogP contribution in [-0.4, -0.2) is 218 Å². The number of aliphatic hydroxyl groups is 1. The summed E-state index contributed by atoms with van der Waals surface area (Å²) in [5.74, 6) is -0.786. The summed E-state index contributed by atoms with van der Waals surface area (Å²) >= 11 is 21.5. The Morgan fingerprint density at radius 2 is 1.07 bits per heavy atom. The van der Waals surface area contributed by atoms with E-state index in [1.807, 2.05) is 0 Å². The molecule has 9 aliphatic rings. The van der Waals surface area contributed by atoms with Gasteiger partial charge in [0.2, 0.25) is 11.9 Å². The molecule has 0 radical (unpaired) electrons. The molecule has 6 aromatic heterocycles. The van der Waals surface area contributed by atoms with Crippen LogP contribution in [0.25, 0.3) is 22.3 Å². The number of aromatic nitrogens is 12. The molecule has 13 N–H and O–H groups in total. The van der Waals surface area contributed by atoms with Crippen LogP contribution in [0.1, 0.15) is 89.9 Å². The molecule has 15 heterocycles. The van der Waals surface area contributed by atoms with E-state index in [0.29, 0.717) is 12.0 Å². The lowest BCUT2D eigenvalue weighted by Crippen LogP contribution is -2.54. The van der Waals surface area contributed by atoms with Crippen LogP contribution in [0.15, 0.2) is 78.0 Å². The summed E-state index contributed by atoms with van der Waals surface area (Å²) in [7, 11) is 0. The number of imidazole rings is 2. The normalized spacial score (nSPS) is 36.0. The molecule has 6 bridgehead atoms. The lowest BCUT2D eigenvalue weighted by Gasteiger charge is -2.41. The molecule has 52 heteroatoms. The number of nitrogens with one attached hydrogen (secondary N) is 5. The van der Waals surface area contributed by atoms with E-state index >= 15 is 4.57 Å². The van der Waals surface area contributed by atoms with E-state index in [9.17, 15) is 53.3 Å². The third kappa shape index (κ3) is 14.1. The summed E-state index contributed by atoms with van der Waals surface area (Å²) in [5.41, 5.74) is 1.62.